The Morgan fingerprint density at radius 3 is 2.06 bits per heavy atom. The van der Waals surface area contributed by atoms with Crippen LogP contribution in [0.4, 0.5) is 17.6 Å². The van der Waals surface area contributed by atoms with Crippen molar-refractivity contribution >= 4 is 0 Å². The molecule has 1 aromatic rings. The number of rotatable bonds is 3. The van der Waals surface area contributed by atoms with Crippen molar-refractivity contribution in [3.05, 3.63) is 48.3 Å². The topological polar surface area (TPSA) is 20.2 Å². The SMILES string of the molecule is C=C(F)CC(O)(c1ccccc1)C(F)(F)F. The standard InChI is InChI=1S/C11H10F4O/c1-8(12)7-10(16,11(13,14)15)9-5-3-2-4-6-9/h2-6,16H,1,7H2. The third-order valence-electron chi connectivity index (χ3n) is 2.17. The maximum Gasteiger partial charge on any atom is 0.421 e. The molecule has 1 rings (SSSR count). The Hall–Kier alpha value is -1.36. The molecule has 0 amide bonds. The van der Waals surface area contributed by atoms with Crippen molar-refractivity contribution in [3.8, 4) is 0 Å². The normalized spacial score (nSPS) is 15.6. The first-order valence-corrected chi connectivity index (χ1v) is 4.45. The van der Waals surface area contributed by atoms with Gasteiger partial charge in [0.1, 0.15) is 0 Å². The van der Waals surface area contributed by atoms with Gasteiger partial charge in [-0.15, -0.1) is 0 Å². The zero-order valence-corrected chi connectivity index (χ0v) is 8.26. The second kappa shape index (κ2) is 4.25. The van der Waals surface area contributed by atoms with Gasteiger partial charge in [-0.05, 0) is 5.56 Å². The fourth-order valence-corrected chi connectivity index (χ4v) is 1.36. The van der Waals surface area contributed by atoms with E-state index in [2.05, 4.69) is 6.58 Å². The van der Waals surface area contributed by atoms with E-state index < -0.39 is 29.6 Å². The smallest absolute Gasteiger partial charge is 0.376 e. The van der Waals surface area contributed by atoms with E-state index in [1.165, 1.54) is 18.2 Å². The third kappa shape index (κ3) is 2.41. The van der Waals surface area contributed by atoms with Crippen LogP contribution in [0.25, 0.3) is 0 Å². The van der Waals surface area contributed by atoms with Crippen LogP contribution in [0.1, 0.15) is 12.0 Å². The maximum absolute atomic E-state index is 12.7. The van der Waals surface area contributed by atoms with Gasteiger partial charge in [0, 0.05) is 6.42 Å². The van der Waals surface area contributed by atoms with Crippen LogP contribution < -0.4 is 0 Å². The molecule has 88 valence electrons. The van der Waals surface area contributed by atoms with Gasteiger partial charge in [0.25, 0.3) is 0 Å². The minimum absolute atomic E-state index is 0.402. The zero-order valence-electron chi connectivity index (χ0n) is 8.26. The Labute approximate surface area is 90.0 Å². The molecule has 1 unspecified atom stereocenters. The highest BCUT2D eigenvalue weighted by Crippen LogP contribution is 2.43. The molecule has 0 radical (unpaired) electrons. The molecule has 1 atom stereocenters. The number of hydrogen-bond acceptors (Lipinski definition) is 1. The van der Waals surface area contributed by atoms with Gasteiger partial charge in [-0.1, -0.05) is 36.9 Å². The molecule has 0 saturated carbocycles. The van der Waals surface area contributed by atoms with Gasteiger partial charge in [-0.3, -0.25) is 0 Å². The fourth-order valence-electron chi connectivity index (χ4n) is 1.36. The van der Waals surface area contributed by atoms with Crippen LogP contribution in [0.5, 0.6) is 0 Å². The highest BCUT2D eigenvalue weighted by Gasteiger charge is 2.55. The van der Waals surface area contributed by atoms with Crippen molar-refractivity contribution in [2.45, 2.75) is 18.2 Å². The monoisotopic (exact) mass is 234 g/mol. The van der Waals surface area contributed by atoms with Crippen molar-refractivity contribution in [1.29, 1.82) is 0 Å². The molecule has 1 nitrogen and oxygen atoms in total. The lowest BCUT2D eigenvalue weighted by Gasteiger charge is -2.30. The molecule has 5 heteroatoms. The molecule has 1 aromatic carbocycles. The molecule has 0 bridgehead atoms. The number of alkyl halides is 3. The van der Waals surface area contributed by atoms with E-state index in [9.17, 15) is 22.7 Å². The summed E-state index contributed by atoms with van der Waals surface area (Å²) in [5, 5.41) is 9.56. The molecule has 0 saturated heterocycles. The first kappa shape index (κ1) is 12.7. The van der Waals surface area contributed by atoms with Gasteiger partial charge in [0.2, 0.25) is 0 Å². The zero-order chi connectivity index (χ0) is 12.4. The largest absolute Gasteiger partial charge is 0.421 e. The molecule has 0 spiro atoms. The average Bonchev–Trinajstić information content (AvgIpc) is 2.16. The van der Waals surface area contributed by atoms with Gasteiger partial charge < -0.3 is 5.11 Å². The number of hydrogen-bond donors (Lipinski definition) is 1. The molecule has 1 N–H and O–H groups in total. The number of benzene rings is 1. The summed E-state index contributed by atoms with van der Waals surface area (Å²) < 4.78 is 50.6. The lowest BCUT2D eigenvalue weighted by atomic mass is 9.89. The van der Waals surface area contributed by atoms with Gasteiger partial charge in [-0.2, -0.15) is 13.2 Å². The van der Waals surface area contributed by atoms with Crippen molar-refractivity contribution in [1.82, 2.24) is 0 Å². The van der Waals surface area contributed by atoms with Crippen molar-refractivity contribution in [2.24, 2.45) is 0 Å². The van der Waals surface area contributed by atoms with Crippen molar-refractivity contribution < 1.29 is 22.7 Å². The lowest BCUT2D eigenvalue weighted by Crippen LogP contribution is -2.42. The molecular weight excluding hydrogens is 224 g/mol. The first-order chi connectivity index (χ1) is 7.27. The Balaban J connectivity index is 3.21. The highest BCUT2D eigenvalue weighted by atomic mass is 19.4. The van der Waals surface area contributed by atoms with Crippen LogP contribution in [0.15, 0.2) is 42.7 Å². The molecule has 0 aromatic heterocycles. The van der Waals surface area contributed by atoms with Crippen LogP contribution in [-0.2, 0) is 5.60 Å². The quantitative estimate of drug-likeness (QED) is 0.795. The van der Waals surface area contributed by atoms with Gasteiger partial charge >= 0.3 is 6.18 Å². The van der Waals surface area contributed by atoms with Crippen LogP contribution in [0.2, 0.25) is 0 Å². The molecule has 0 aliphatic heterocycles. The Kier molecular flexibility index (Phi) is 3.38. The van der Waals surface area contributed by atoms with E-state index in [-0.39, 0.29) is 0 Å². The van der Waals surface area contributed by atoms with Crippen LogP contribution in [-0.4, -0.2) is 11.3 Å². The van der Waals surface area contributed by atoms with E-state index in [1.807, 2.05) is 0 Å². The summed E-state index contributed by atoms with van der Waals surface area (Å²) in [6.45, 7) is 2.75. The lowest BCUT2D eigenvalue weighted by molar-refractivity contribution is -0.267. The summed E-state index contributed by atoms with van der Waals surface area (Å²) in [5.74, 6) is -1.22. The predicted molar refractivity (Wildman–Crippen MR) is 51.3 cm³/mol. The van der Waals surface area contributed by atoms with Crippen LogP contribution in [0.3, 0.4) is 0 Å². The highest BCUT2D eigenvalue weighted by molar-refractivity contribution is 5.25. The second-order valence-corrected chi connectivity index (χ2v) is 3.42. The number of halogens is 4. The molecule has 0 heterocycles. The molecule has 0 aliphatic rings. The Bertz CT molecular complexity index is 371. The van der Waals surface area contributed by atoms with E-state index in [0.29, 0.717) is 0 Å². The second-order valence-electron chi connectivity index (χ2n) is 3.42. The van der Waals surface area contributed by atoms with Crippen LogP contribution >= 0.6 is 0 Å². The van der Waals surface area contributed by atoms with Gasteiger partial charge in [0.05, 0.1) is 5.83 Å². The summed E-state index contributed by atoms with van der Waals surface area (Å²) in [7, 11) is 0. The van der Waals surface area contributed by atoms with Gasteiger partial charge in [-0.25, -0.2) is 4.39 Å². The van der Waals surface area contributed by atoms with E-state index in [1.54, 1.807) is 0 Å². The number of aliphatic hydroxyl groups is 1. The first-order valence-electron chi connectivity index (χ1n) is 4.45. The van der Waals surface area contributed by atoms with E-state index in [4.69, 9.17) is 0 Å². The van der Waals surface area contributed by atoms with Crippen molar-refractivity contribution in [3.63, 3.8) is 0 Å². The summed E-state index contributed by atoms with van der Waals surface area (Å²) in [5.41, 5.74) is -3.62. The van der Waals surface area contributed by atoms with E-state index in [0.717, 1.165) is 12.1 Å². The summed E-state index contributed by atoms with van der Waals surface area (Å²) in [4.78, 5) is 0. The summed E-state index contributed by atoms with van der Waals surface area (Å²) >= 11 is 0. The molecule has 0 fully saturated rings. The fraction of sp³-hybridized carbons (Fsp3) is 0.273. The predicted octanol–water partition coefficient (Wildman–Crippen LogP) is 3.31. The molecular formula is C11H10F4O. The maximum atomic E-state index is 12.7. The Morgan fingerprint density at radius 1 is 1.19 bits per heavy atom. The minimum Gasteiger partial charge on any atom is -0.376 e. The minimum atomic E-state index is -4.95. The summed E-state index contributed by atoms with van der Waals surface area (Å²) in [6, 6.07) is 6.37. The molecule has 0 aliphatic carbocycles. The third-order valence-corrected chi connectivity index (χ3v) is 2.17. The molecule has 16 heavy (non-hydrogen) atoms. The van der Waals surface area contributed by atoms with Crippen LogP contribution in [0, 0.1) is 0 Å². The Morgan fingerprint density at radius 2 is 1.69 bits per heavy atom. The van der Waals surface area contributed by atoms with Crippen molar-refractivity contribution in [2.75, 3.05) is 0 Å². The van der Waals surface area contributed by atoms with E-state index >= 15 is 0 Å². The summed E-state index contributed by atoms with van der Waals surface area (Å²) in [6.07, 6.45) is -6.15. The van der Waals surface area contributed by atoms with Gasteiger partial charge in [0.15, 0.2) is 5.60 Å². The average molecular weight is 234 g/mol.